The highest BCUT2D eigenvalue weighted by Gasteiger charge is 2.11. The minimum absolute atomic E-state index is 0.228. The van der Waals surface area contributed by atoms with Crippen LogP contribution in [0.5, 0.6) is 0 Å². The Hall–Kier alpha value is -6.31. The van der Waals surface area contributed by atoms with E-state index in [0.29, 0.717) is 16.9 Å². The Morgan fingerprint density at radius 3 is 2.14 bits per heavy atom. The van der Waals surface area contributed by atoms with E-state index in [4.69, 9.17) is 22.2 Å². The summed E-state index contributed by atoms with van der Waals surface area (Å²) in [6.07, 6.45) is 13.4. The lowest BCUT2D eigenvalue weighted by atomic mass is 10.0. The lowest BCUT2D eigenvalue weighted by molar-refractivity contribution is 0.0686. The highest BCUT2D eigenvalue weighted by Crippen LogP contribution is 2.23. The van der Waals surface area contributed by atoms with E-state index in [1.807, 2.05) is 26.0 Å². The summed E-state index contributed by atoms with van der Waals surface area (Å²) in [4.78, 5) is 31.9. The molecule has 3 aromatic heterocycles. The molecule has 0 saturated heterocycles. The monoisotopic (exact) mass is 560 g/mol. The Morgan fingerprint density at radius 1 is 0.929 bits per heavy atom. The largest absolute Gasteiger partial charge is 0.478 e. The van der Waals surface area contributed by atoms with Crippen LogP contribution in [0.25, 0.3) is 27.4 Å². The second-order valence-electron chi connectivity index (χ2n) is 8.47. The zero-order chi connectivity index (χ0) is 30.5. The molecular formula is C30H24N8O4. The van der Waals surface area contributed by atoms with Gasteiger partial charge in [0.05, 0.1) is 34.9 Å². The first-order valence-corrected chi connectivity index (χ1v) is 12.2. The van der Waals surface area contributed by atoms with Crippen molar-refractivity contribution < 1.29 is 19.8 Å². The minimum Gasteiger partial charge on any atom is -0.478 e. The van der Waals surface area contributed by atoms with Crippen molar-refractivity contribution in [1.82, 2.24) is 25.0 Å². The summed E-state index contributed by atoms with van der Waals surface area (Å²) in [7, 11) is 0. The van der Waals surface area contributed by atoms with Gasteiger partial charge < -0.3 is 10.2 Å². The number of nitrogens with zero attached hydrogens (tertiary/aromatic N) is 8. The molecule has 12 nitrogen and oxygen atoms in total. The van der Waals surface area contributed by atoms with Crippen LogP contribution in [0, 0.1) is 26.2 Å². The molecular weight excluding hydrogens is 536 g/mol. The third-order valence-electron chi connectivity index (χ3n) is 5.61. The first-order valence-electron chi connectivity index (χ1n) is 12.2. The van der Waals surface area contributed by atoms with Crippen molar-refractivity contribution >= 4 is 17.6 Å². The molecule has 12 heteroatoms. The molecule has 0 bridgehead atoms. The van der Waals surface area contributed by atoms with Crippen molar-refractivity contribution in [1.29, 1.82) is 0 Å². The third kappa shape index (κ3) is 8.34. The fourth-order valence-corrected chi connectivity index (χ4v) is 3.41. The number of carboxylic acid groups (broad SMARTS) is 2. The average Bonchev–Trinajstić information content (AvgIpc) is 3.49. The first-order chi connectivity index (χ1) is 20.2. The summed E-state index contributed by atoms with van der Waals surface area (Å²) in [5.41, 5.74) is 13.6. The number of hydrogen-bond donors (Lipinski definition) is 2. The predicted molar refractivity (Wildman–Crippen MR) is 155 cm³/mol. The second kappa shape index (κ2) is 14.7. The maximum Gasteiger partial charge on any atom is 0.335 e. The van der Waals surface area contributed by atoms with Crippen LogP contribution in [-0.4, -0.2) is 47.1 Å². The molecule has 0 spiro atoms. The van der Waals surface area contributed by atoms with E-state index in [-0.39, 0.29) is 11.1 Å². The van der Waals surface area contributed by atoms with Crippen LogP contribution in [0.3, 0.4) is 0 Å². The van der Waals surface area contributed by atoms with Crippen molar-refractivity contribution in [3.8, 4) is 29.3 Å². The number of hydrogen-bond acceptors (Lipinski definition) is 7. The molecule has 0 fully saturated rings. The van der Waals surface area contributed by atoms with Gasteiger partial charge in [-0.2, -0.15) is 0 Å². The predicted octanol–water partition coefficient (Wildman–Crippen LogP) is 6.03. The van der Waals surface area contributed by atoms with Crippen molar-refractivity contribution in [2.24, 2.45) is 5.11 Å². The highest BCUT2D eigenvalue weighted by molar-refractivity contribution is 5.89. The zero-order valence-electron chi connectivity index (χ0n) is 22.5. The number of azide groups is 1. The Balaban J connectivity index is 0.000000194. The second-order valence-corrected chi connectivity index (χ2v) is 8.47. The van der Waals surface area contributed by atoms with Gasteiger partial charge in [-0.3, -0.25) is 9.97 Å². The smallest absolute Gasteiger partial charge is 0.335 e. The summed E-state index contributed by atoms with van der Waals surface area (Å²) in [6, 6.07) is 16.8. The molecule has 208 valence electrons. The molecule has 0 atom stereocenters. The molecule has 0 aliphatic rings. The summed E-state index contributed by atoms with van der Waals surface area (Å²) < 4.78 is 1.61. The third-order valence-corrected chi connectivity index (χ3v) is 5.61. The zero-order valence-corrected chi connectivity index (χ0v) is 22.5. The van der Waals surface area contributed by atoms with E-state index in [2.05, 4.69) is 36.2 Å². The number of carboxylic acids is 2. The van der Waals surface area contributed by atoms with E-state index in [1.54, 1.807) is 71.9 Å². The Kier molecular flexibility index (Phi) is 10.6. The number of aromatic carboxylic acids is 2. The molecule has 0 amide bonds. The van der Waals surface area contributed by atoms with Crippen LogP contribution < -0.4 is 0 Å². The first kappa shape index (κ1) is 30.2. The highest BCUT2D eigenvalue weighted by atomic mass is 16.4. The molecule has 42 heavy (non-hydrogen) atoms. The normalized spacial score (nSPS) is 9.55. The maximum atomic E-state index is 11.1. The molecule has 0 aliphatic heterocycles. The van der Waals surface area contributed by atoms with E-state index in [1.165, 1.54) is 12.3 Å². The van der Waals surface area contributed by atoms with Gasteiger partial charge in [0, 0.05) is 34.6 Å². The number of benzene rings is 2. The molecule has 2 N–H and O–H groups in total. The average molecular weight is 561 g/mol. The van der Waals surface area contributed by atoms with E-state index >= 15 is 0 Å². The lowest BCUT2D eigenvalue weighted by Gasteiger charge is -2.03. The molecule has 0 saturated carbocycles. The van der Waals surface area contributed by atoms with Crippen LogP contribution in [-0.2, 0) is 0 Å². The van der Waals surface area contributed by atoms with Gasteiger partial charge in [0.2, 0.25) is 0 Å². The molecule has 0 aliphatic carbocycles. The number of aryl methyl sites for hydroxylation is 2. The lowest BCUT2D eigenvalue weighted by Crippen LogP contribution is -1.97. The quantitative estimate of drug-likeness (QED) is 0.113. The van der Waals surface area contributed by atoms with Crippen LogP contribution in [0.1, 0.15) is 37.4 Å². The van der Waals surface area contributed by atoms with Gasteiger partial charge in [0.15, 0.2) is 0 Å². The summed E-state index contributed by atoms with van der Waals surface area (Å²) >= 11 is 0. The van der Waals surface area contributed by atoms with E-state index in [0.717, 1.165) is 22.4 Å². The van der Waals surface area contributed by atoms with Crippen LogP contribution in [0.4, 0.5) is 5.69 Å². The standard InChI is InChI=1S/C15H12N4O2.C10H8O2.C5H4N4/c1-10-4-5-11(15(20)21)7-13(10)14-9-19(18-17-14)12-3-2-6-16-8-12;1-3-8-6-9(10(11)12)5-4-7(8)2;6-9-8-5-2-1-3-7-4-5/h2-9H,1H3,(H,20,21);1,4-6H,2H3,(H,11,12);1-4H. The maximum absolute atomic E-state index is 11.1. The van der Waals surface area contributed by atoms with Gasteiger partial charge in [-0.05, 0) is 79.0 Å². The number of carbonyl (C=O) groups is 2. The van der Waals surface area contributed by atoms with Gasteiger partial charge in [-0.1, -0.05) is 28.4 Å². The van der Waals surface area contributed by atoms with Gasteiger partial charge in [0.1, 0.15) is 5.69 Å². The van der Waals surface area contributed by atoms with Gasteiger partial charge in [-0.25, -0.2) is 14.3 Å². The van der Waals surface area contributed by atoms with Crippen LogP contribution in [0.2, 0.25) is 0 Å². The van der Waals surface area contributed by atoms with E-state index < -0.39 is 11.9 Å². The van der Waals surface area contributed by atoms with Crippen molar-refractivity contribution in [3.05, 3.63) is 130 Å². The molecule has 2 aromatic carbocycles. The summed E-state index contributed by atoms with van der Waals surface area (Å²) in [6.45, 7) is 3.75. The Labute approximate surface area is 240 Å². The number of terminal acetylenes is 1. The summed E-state index contributed by atoms with van der Waals surface area (Å²) in [5, 5.41) is 29.2. The minimum atomic E-state index is -0.962. The van der Waals surface area contributed by atoms with Gasteiger partial charge in [-0.15, -0.1) is 11.5 Å². The van der Waals surface area contributed by atoms with Crippen molar-refractivity contribution in [3.63, 3.8) is 0 Å². The Bertz CT molecular complexity index is 1770. The fourth-order valence-electron chi connectivity index (χ4n) is 3.41. The molecule has 0 unspecified atom stereocenters. The van der Waals surface area contributed by atoms with Crippen LogP contribution in [0.15, 0.2) is 96.8 Å². The SMILES string of the molecule is C#Cc1cc(C(=O)O)ccc1C.Cc1ccc(C(=O)O)cc1-c1cn(-c2cccnc2)nn1.[N-]=[N+]=Nc1cccnc1. The number of aromatic nitrogens is 5. The summed E-state index contributed by atoms with van der Waals surface area (Å²) in [5.74, 6) is 0.513. The van der Waals surface area contributed by atoms with Gasteiger partial charge >= 0.3 is 11.9 Å². The molecule has 0 radical (unpaired) electrons. The molecule has 3 heterocycles. The fraction of sp³-hybridized carbons (Fsp3) is 0.0667. The van der Waals surface area contributed by atoms with Gasteiger partial charge in [0.25, 0.3) is 0 Å². The van der Waals surface area contributed by atoms with E-state index in [9.17, 15) is 9.59 Å². The van der Waals surface area contributed by atoms with Crippen LogP contribution >= 0.6 is 0 Å². The molecule has 5 rings (SSSR count). The molecule has 5 aromatic rings. The Morgan fingerprint density at radius 2 is 1.57 bits per heavy atom. The van der Waals surface area contributed by atoms with Crippen molar-refractivity contribution in [2.75, 3.05) is 0 Å². The number of rotatable bonds is 5. The van der Waals surface area contributed by atoms with Crippen molar-refractivity contribution in [2.45, 2.75) is 13.8 Å². The number of pyridine rings is 2. The topological polar surface area (TPSA) is 180 Å².